The molecule has 1 aliphatic rings. The van der Waals surface area contributed by atoms with Crippen molar-refractivity contribution in [2.45, 2.75) is 39.2 Å². The number of alkyl carbamates (subject to hydrolysis) is 1. The molecule has 122 valence electrons. The standard InChI is InChI=1S/C14H28N4O2S/c1-14(2,3)20-13(19)17-7-5-4-6-16-12(15)18-8-10-21-11-9-18/h4-11H2,1-3H3,(H2,15,16)(H,17,19). The molecule has 7 heteroatoms. The molecule has 0 bridgehead atoms. The third-order valence-electron chi connectivity index (χ3n) is 2.86. The Hall–Kier alpha value is -1.11. The van der Waals surface area contributed by atoms with Gasteiger partial charge in [0.15, 0.2) is 5.96 Å². The smallest absolute Gasteiger partial charge is 0.407 e. The van der Waals surface area contributed by atoms with Crippen molar-refractivity contribution in [2.24, 2.45) is 10.7 Å². The molecule has 0 aliphatic carbocycles. The summed E-state index contributed by atoms with van der Waals surface area (Å²) in [4.78, 5) is 17.9. The summed E-state index contributed by atoms with van der Waals surface area (Å²) in [7, 11) is 0. The van der Waals surface area contributed by atoms with Crippen molar-refractivity contribution in [3.8, 4) is 0 Å². The summed E-state index contributed by atoms with van der Waals surface area (Å²) in [6.45, 7) is 8.83. The van der Waals surface area contributed by atoms with Gasteiger partial charge in [-0.25, -0.2) is 4.79 Å². The largest absolute Gasteiger partial charge is 0.444 e. The summed E-state index contributed by atoms with van der Waals surface area (Å²) >= 11 is 1.95. The first-order chi connectivity index (χ1) is 9.88. The van der Waals surface area contributed by atoms with E-state index >= 15 is 0 Å². The van der Waals surface area contributed by atoms with Crippen LogP contribution in [0.3, 0.4) is 0 Å². The summed E-state index contributed by atoms with van der Waals surface area (Å²) < 4.78 is 5.16. The highest BCUT2D eigenvalue weighted by Crippen LogP contribution is 2.08. The van der Waals surface area contributed by atoms with E-state index in [2.05, 4.69) is 15.2 Å². The van der Waals surface area contributed by atoms with E-state index in [4.69, 9.17) is 10.5 Å². The van der Waals surface area contributed by atoms with Crippen LogP contribution in [0.2, 0.25) is 0 Å². The van der Waals surface area contributed by atoms with Crippen molar-refractivity contribution in [3.63, 3.8) is 0 Å². The van der Waals surface area contributed by atoms with E-state index in [0.717, 1.165) is 37.4 Å². The Bertz CT molecular complexity index is 349. The van der Waals surface area contributed by atoms with E-state index in [0.29, 0.717) is 19.0 Å². The summed E-state index contributed by atoms with van der Waals surface area (Å²) in [6.07, 6.45) is 1.40. The Balaban J connectivity index is 2.07. The van der Waals surface area contributed by atoms with Gasteiger partial charge in [-0.15, -0.1) is 0 Å². The summed E-state index contributed by atoms with van der Waals surface area (Å²) in [5.41, 5.74) is 5.51. The predicted octanol–water partition coefficient (Wildman–Crippen LogP) is 1.65. The maximum Gasteiger partial charge on any atom is 0.407 e. The van der Waals surface area contributed by atoms with Gasteiger partial charge in [-0.2, -0.15) is 11.8 Å². The van der Waals surface area contributed by atoms with Gasteiger partial charge in [-0.1, -0.05) is 0 Å². The van der Waals surface area contributed by atoms with Gasteiger partial charge in [0.1, 0.15) is 5.60 Å². The van der Waals surface area contributed by atoms with E-state index < -0.39 is 5.60 Å². The van der Waals surface area contributed by atoms with Crippen LogP contribution in [0.15, 0.2) is 4.99 Å². The molecule has 0 spiro atoms. The lowest BCUT2D eigenvalue weighted by atomic mass is 10.2. The van der Waals surface area contributed by atoms with Gasteiger partial charge in [-0.3, -0.25) is 4.99 Å². The number of carbonyl (C=O) groups is 1. The molecule has 1 fully saturated rings. The second kappa shape index (κ2) is 9.02. The number of unbranched alkanes of at least 4 members (excludes halogenated alkanes) is 1. The van der Waals surface area contributed by atoms with Crippen LogP contribution in [0.4, 0.5) is 4.79 Å². The third-order valence-corrected chi connectivity index (χ3v) is 3.80. The summed E-state index contributed by atoms with van der Waals surface area (Å²) in [5.74, 6) is 2.89. The molecule has 1 aliphatic heterocycles. The number of amides is 1. The third kappa shape index (κ3) is 8.70. The van der Waals surface area contributed by atoms with Crippen molar-refractivity contribution in [1.29, 1.82) is 0 Å². The fourth-order valence-electron chi connectivity index (χ4n) is 1.83. The number of nitrogens with two attached hydrogens (primary N) is 1. The molecule has 1 rings (SSSR count). The van der Waals surface area contributed by atoms with Gasteiger partial charge in [0.2, 0.25) is 0 Å². The van der Waals surface area contributed by atoms with Crippen LogP contribution in [0.25, 0.3) is 0 Å². The van der Waals surface area contributed by atoms with Crippen LogP contribution < -0.4 is 11.1 Å². The SMILES string of the molecule is CC(C)(C)OC(=O)NCCCCN=C(N)N1CCSCC1. The second-order valence-corrected chi connectivity index (χ2v) is 7.20. The number of ether oxygens (including phenoxy) is 1. The Kier molecular flexibility index (Phi) is 7.71. The van der Waals surface area contributed by atoms with Crippen LogP contribution >= 0.6 is 11.8 Å². The van der Waals surface area contributed by atoms with Crippen LogP contribution in [0.5, 0.6) is 0 Å². The lowest BCUT2D eigenvalue weighted by Gasteiger charge is -2.27. The molecule has 1 heterocycles. The molecule has 3 N–H and O–H groups in total. The van der Waals surface area contributed by atoms with Crippen LogP contribution in [-0.4, -0.2) is 60.2 Å². The maximum atomic E-state index is 11.4. The van der Waals surface area contributed by atoms with E-state index in [9.17, 15) is 4.79 Å². The van der Waals surface area contributed by atoms with E-state index in [1.165, 1.54) is 0 Å². The molecule has 6 nitrogen and oxygen atoms in total. The average molecular weight is 316 g/mol. The molecule has 0 saturated carbocycles. The highest BCUT2D eigenvalue weighted by molar-refractivity contribution is 7.99. The molecular formula is C14H28N4O2S. The normalized spacial score (nSPS) is 16.7. The molecule has 1 amide bonds. The fourth-order valence-corrected chi connectivity index (χ4v) is 2.73. The van der Waals surface area contributed by atoms with Crippen molar-refractivity contribution >= 4 is 23.8 Å². The first kappa shape index (κ1) is 17.9. The fraction of sp³-hybridized carbons (Fsp3) is 0.857. The number of rotatable bonds is 5. The van der Waals surface area contributed by atoms with Crippen molar-refractivity contribution < 1.29 is 9.53 Å². The molecule has 21 heavy (non-hydrogen) atoms. The number of aliphatic imine (C=N–C) groups is 1. The Morgan fingerprint density at radius 1 is 1.33 bits per heavy atom. The molecule has 0 aromatic carbocycles. The van der Waals surface area contributed by atoms with Crippen LogP contribution in [0.1, 0.15) is 33.6 Å². The first-order valence-corrected chi connectivity index (χ1v) is 8.63. The maximum absolute atomic E-state index is 11.4. The van der Waals surface area contributed by atoms with E-state index in [-0.39, 0.29) is 6.09 Å². The lowest BCUT2D eigenvalue weighted by Crippen LogP contribution is -2.42. The average Bonchev–Trinajstić information content (AvgIpc) is 2.41. The highest BCUT2D eigenvalue weighted by Gasteiger charge is 2.15. The summed E-state index contributed by atoms with van der Waals surface area (Å²) in [6, 6.07) is 0. The van der Waals surface area contributed by atoms with Gasteiger partial charge in [0.05, 0.1) is 0 Å². The minimum Gasteiger partial charge on any atom is -0.444 e. The minimum absolute atomic E-state index is 0.365. The molecule has 0 radical (unpaired) electrons. The minimum atomic E-state index is -0.449. The quantitative estimate of drug-likeness (QED) is 0.458. The number of carbonyl (C=O) groups excluding carboxylic acids is 1. The van der Waals surface area contributed by atoms with Crippen LogP contribution in [0, 0.1) is 0 Å². The zero-order chi connectivity index (χ0) is 15.7. The summed E-state index contributed by atoms with van der Waals surface area (Å²) in [5, 5.41) is 2.74. The molecule has 0 aromatic rings. The first-order valence-electron chi connectivity index (χ1n) is 7.48. The lowest BCUT2D eigenvalue weighted by molar-refractivity contribution is 0.0527. The van der Waals surface area contributed by atoms with Crippen LogP contribution in [-0.2, 0) is 4.74 Å². The number of hydrogen-bond donors (Lipinski definition) is 2. The zero-order valence-corrected chi connectivity index (χ0v) is 14.2. The van der Waals surface area contributed by atoms with Crippen molar-refractivity contribution in [1.82, 2.24) is 10.2 Å². The number of nitrogens with zero attached hydrogens (tertiary/aromatic N) is 2. The van der Waals surface area contributed by atoms with Gasteiger partial charge < -0.3 is 20.7 Å². The van der Waals surface area contributed by atoms with Crippen molar-refractivity contribution in [3.05, 3.63) is 0 Å². The number of thioether (sulfide) groups is 1. The topological polar surface area (TPSA) is 79.9 Å². The zero-order valence-electron chi connectivity index (χ0n) is 13.4. The van der Waals surface area contributed by atoms with Crippen molar-refractivity contribution in [2.75, 3.05) is 37.7 Å². The Morgan fingerprint density at radius 2 is 2.00 bits per heavy atom. The van der Waals surface area contributed by atoms with Gasteiger partial charge in [0, 0.05) is 37.7 Å². The number of guanidine groups is 1. The highest BCUT2D eigenvalue weighted by atomic mass is 32.2. The van der Waals surface area contributed by atoms with E-state index in [1.54, 1.807) is 0 Å². The predicted molar refractivity (Wildman–Crippen MR) is 88.9 cm³/mol. The second-order valence-electron chi connectivity index (χ2n) is 5.98. The van der Waals surface area contributed by atoms with Gasteiger partial charge in [-0.05, 0) is 33.6 Å². The molecule has 0 aromatic heterocycles. The Morgan fingerprint density at radius 3 is 2.62 bits per heavy atom. The monoisotopic (exact) mass is 316 g/mol. The molecule has 1 saturated heterocycles. The number of hydrogen-bond acceptors (Lipinski definition) is 4. The number of nitrogens with one attached hydrogen (secondary N) is 1. The van der Waals surface area contributed by atoms with E-state index in [1.807, 2.05) is 32.5 Å². The Labute approximate surface area is 131 Å². The molecular weight excluding hydrogens is 288 g/mol. The van der Waals surface area contributed by atoms with Gasteiger partial charge >= 0.3 is 6.09 Å². The molecule has 0 atom stereocenters. The molecule has 0 unspecified atom stereocenters. The van der Waals surface area contributed by atoms with Gasteiger partial charge in [0.25, 0.3) is 0 Å².